The second-order valence-electron chi connectivity index (χ2n) is 3.72. The maximum atomic E-state index is 11.5. The van der Waals surface area contributed by atoms with Crippen molar-refractivity contribution in [2.24, 2.45) is 5.92 Å². The maximum Gasteiger partial charge on any atom is 0.269 e. The lowest BCUT2D eigenvalue weighted by Gasteiger charge is -2.01. The van der Waals surface area contributed by atoms with Gasteiger partial charge in [0.2, 0.25) is 0 Å². The summed E-state index contributed by atoms with van der Waals surface area (Å²) in [7, 11) is 0. The number of aryl methyl sites for hydroxylation is 1. The lowest BCUT2D eigenvalue weighted by Crippen LogP contribution is -2.27. The fourth-order valence-electron chi connectivity index (χ4n) is 1.34. The largest absolute Gasteiger partial charge is 0.348 e. The van der Waals surface area contributed by atoms with Gasteiger partial charge in [0.1, 0.15) is 5.69 Å². The van der Waals surface area contributed by atoms with Crippen molar-refractivity contribution in [3.05, 3.63) is 17.5 Å². The molecule has 0 aromatic carbocycles. The average Bonchev–Trinajstić information content (AvgIpc) is 2.62. The van der Waals surface area contributed by atoms with E-state index in [2.05, 4.69) is 22.4 Å². The summed E-state index contributed by atoms with van der Waals surface area (Å²) in [5, 5.41) is 9.43. The zero-order valence-electron chi connectivity index (χ0n) is 7.79. The van der Waals surface area contributed by atoms with Crippen molar-refractivity contribution in [3.8, 4) is 0 Å². The average molecular weight is 179 g/mol. The number of hydrogen-bond donors (Lipinski definition) is 2. The number of hydrogen-bond acceptors (Lipinski definition) is 2. The van der Waals surface area contributed by atoms with E-state index in [0.29, 0.717) is 17.7 Å². The first-order valence-corrected chi connectivity index (χ1v) is 4.49. The molecule has 2 unspecified atom stereocenters. The number of amides is 1. The van der Waals surface area contributed by atoms with Gasteiger partial charge in [-0.3, -0.25) is 9.89 Å². The summed E-state index contributed by atoms with van der Waals surface area (Å²) in [6, 6.07) is 0.371. The Bertz CT molecular complexity index is 331. The van der Waals surface area contributed by atoms with Gasteiger partial charge in [-0.2, -0.15) is 5.10 Å². The Morgan fingerprint density at radius 3 is 2.92 bits per heavy atom. The summed E-state index contributed by atoms with van der Waals surface area (Å²) in [6.45, 7) is 4.00. The Morgan fingerprint density at radius 1 is 1.77 bits per heavy atom. The van der Waals surface area contributed by atoms with Gasteiger partial charge in [-0.05, 0) is 24.8 Å². The molecule has 1 amide bonds. The zero-order chi connectivity index (χ0) is 9.42. The summed E-state index contributed by atoms with van der Waals surface area (Å²) < 4.78 is 0. The predicted molar refractivity (Wildman–Crippen MR) is 48.4 cm³/mol. The van der Waals surface area contributed by atoms with E-state index < -0.39 is 0 Å². The molecule has 0 radical (unpaired) electrons. The molecular formula is C9H13N3O. The van der Waals surface area contributed by atoms with Gasteiger partial charge in [0.15, 0.2) is 0 Å². The number of nitrogens with zero attached hydrogens (tertiary/aromatic N) is 1. The van der Waals surface area contributed by atoms with Crippen LogP contribution in [0.5, 0.6) is 0 Å². The van der Waals surface area contributed by atoms with E-state index in [4.69, 9.17) is 0 Å². The van der Waals surface area contributed by atoms with E-state index in [9.17, 15) is 4.79 Å². The van der Waals surface area contributed by atoms with Crippen molar-refractivity contribution in [2.45, 2.75) is 26.3 Å². The molecule has 0 aliphatic heterocycles. The summed E-state index contributed by atoms with van der Waals surface area (Å²) in [4.78, 5) is 11.5. The van der Waals surface area contributed by atoms with Crippen molar-refractivity contribution < 1.29 is 4.79 Å². The Labute approximate surface area is 76.7 Å². The molecule has 2 atom stereocenters. The van der Waals surface area contributed by atoms with Crippen molar-refractivity contribution in [1.82, 2.24) is 15.5 Å². The molecule has 1 aromatic rings. The SMILES string of the molecule is Cc1cn[nH]c1C(=O)NC1CC1C. The first kappa shape index (κ1) is 8.29. The number of rotatable bonds is 2. The van der Waals surface area contributed by atoms with Gasteiger partial charge in [-0.15, -0.1) is 0 Å². The fourth-order valence-corrected chi connectivity index (χ4v) is 1.34. The summed E-state index contributed by atoms with van der Waals surface area (Å²) in [5.41, 5.74) is 1.48. The van der Waals surface area contributed by atoms with Crippen molar-refractivity contribution in [1.29, 1.82) is 0 Å². The van der Waals surface area contributed by atoms with Gasteiger partial charge in [-0.1, -0.05) is 6.92 Å². The molecule has 0 bridgehead atoms. The summed E-state index contributed by atoms with van der Waals surface area (Å²) in [6.07, 6.45) is 2.75. The molecule has 2 rings (SSSR count). The van der Waals surface area contributed by atoms with Crippen LogP contribution >= 0.6 is 0 Å². The van der Waals surface area contributed by atoms with Crippen LogP contribution in [0.2, 0.25) is 0 Å². The summed E-state index contributed by atoms with van der Waals surface area (Å²) in [5.74, 6) is 0.594. The Kier molecular flexibility index (Phi) is 1.83. The second-order valence-corrected chi connectivity index (χ2v) is 3.72. The van der Waals surface area contributed by atoms with E-state index >= 15 is 0 Å². The molecule has 1 saturated carbocycles. The highest BCUT2D eigenvalue weighted by Crippen LogP contribution is 2.29. The molecule has 2 N–H and O–H groups in total. The Balaban J connectivity index is 2.01. The highest BCUT2D eigenvalue weighted by atomic mass is 16.2. The minimum Gasteiger partial charge on any atom is -0.348 e. The van der Waals surface area contributed by atoms with Gasteiger partial charge < -0.3 is 5.32 Å². The minimum absolute atomic E-state index is 0.0376. The van der Waals surface area contributed by atoms with Gasteiger partial charge >= 0.3 is 0 Å². The van der Waals surface area contributed by atoms with E-state index in [-0.39, 0.29) is 5.91 Å². The molecule has 70 valence electrons. The van der Waals surface area contributed by atoms with Gasteiger partial charge in [0, 0.05) is 6.04 Å². The first-order chi connectivity index (χ1) is 6.18. The van der Waals surface area contributed by atoms with Crippen molar-refractivity contribution in [3.63, 3.8) is 0 Å². The molecule has 1 aliphatic carbocycles. The van der Waals surface area contributed by atoms with Crippen LogP contribution in [0.3, 0.4) is 0 Å². The number of aromatic amines is 1. The van der Waals surface area contributed by atoms with Crippen LogP contribution in [-0.4, -0.2) is 22.1 Å². The van der Waals surface area contributed by atoms with Crippen molar-refractivity contribution >= 4 is 5.91 Å². The number of aromatic nitrogens is 2. The van der Waals surface area contributed by atoms with E-state index in [1.165, 1.54) is 0 Å². The highest BCUT2D eigenvalue weighted by Gasteiger charge is 2.34. The molecule has 0 spiro atoms. The number of carbonyl (C=O) groups excluding carboxylic acids is 1. The van der Waals surface area contributed by atoms with E-state index in [1.807, 2.05) is 6.92 Å². The van der Waals surface area contributed by atoms with E-state index in [0.717, 1.165) is 12.0 Å². The molecule has 4 heteroatoms. The summed E-state index contributed by atoms with van der Waals surface area (Å²) >= 11 is 0. The van der Waals surface area contributed by atoms with Crippen LogP contribution in [-0.2, 0) is 0 Å². The molecule has 0 saturated heterocycles. The normalized spacial score (nSPS) is 25.7. The number of carbonyl (C=O) groups is 1. The molecular weight excluding hydrogens is 166 g/mol. The van der Waals surface area contributed by atoms with E-state index in [1.54, 1.807) is 6.20 Å². The quantitative estimate of drug-likeness (QED) is 0.707. The fraction of sp³-hybridized carbons (Fsp3) is 0.556. The third-order valence-corrected chi connectivity index (χ3v) is 2.48. The second kappa shape index (κ2) is 2.87. The molecule has 1 heterocycles. The number of nitrogens with one attached hydrogen (secondary N) is 2. The van der Waals surface area contributed by atoms with Crippen LogP contribution in [0.1, 0.15) is 29.4 Å². The topological polar surface area (TPSA) is 57.8 Å². The Morgan fingerprint density at radius 2 is 2.46 bits per heavy atom. The van der Waals surface area contributed by atoms with Gasteiger partial charge in [0.25, 0.3) is 5.91 Å². The van der Waals surface area contributed by atoms with Crippen LogP contribution in [0.4, 0.5) is 0 Å². The van der Waals surface area contributed by atoms with Gasteiger partial charge in [0.05, 0.1) is 6.20 Å². The molecule has 4 nitrogen and oxygen atoms in total. The molecule has 1 aromatic heterocycles. The smallest absolute Gasteiger partial charge is 0.269 e. The van der Waals surface area contributed by atoms with Crippen LogP contribution in [0.25, 0.3) is 0 Å². The first-order valence-electron chi connectivity index (χ1n) is 4.49. The zero-order valence-corrected chi connectivity index (χ0v) is 7.79. The third kappa shape index (κ3) is 1.56. The monoisotopic (exact) mass is 179 g/mol. The predicted octanol–water partition coefficient (Wildman–Crippen LogP) is 0.856. The minimum atomic E-state index is -0.0376. The maximum absolute atomic E-state index is 11.5. The van der Waals surface area contributed by atoms with Gasteiger partial charge in [-0.25, -0.2) is 0 Å². The highest BCUT2D eigenvalue weighted by molar-refractivity contribution is 5.93. The molecule has 13 heavy (non-hydrogen) atoms. The lowest BCUT2D eigenvalue weighted by atomic mass is 10.2. The molecule has 1 aliphatic rings. The standard InChI is InChI=1S/C9H13N3O/c1-5-3-7(5)11-9(13)8-6(2)4-10-12-8/h4-5,7H,3H2,1-2H3,(H,10,12)(H,11,13). The van der Waals surface area contributed by atoms with Crippen LogP contribution < -0.4 is 5.32 Å². The number of H-pyrrole nitrogens is 1. The van der Waals surface area contributed by atoms with Crippen LogP contribution in [0, 0.1) is 12.8 Å². The van der Waals surface area contributed by atoms with Crippen LogP contribution in [0.15, 0.2) is 6.20 Å². The Hall–Kier alpha value is -1.32. The lowest BCUT2D eigenvalue weighted by molar-refractivity contribution is 0.0943. The third-order valence-electron chi connectivity index (χ3n) is 2.48. The molecule has 1 fully saturated rings. The van der Waals surface area contributed by atoms with Crippen molar-refractivity contribution in [2.75, 3.05) is 0 Å².